The van der Waals surface area contributed by atoms with E-state index in [1.807, 2.05) is 20.8 Å². The van der Waals surface area contributed by atoms with E-state index in [2.05, 4.69) is 4.74 Å². The van der Waals surface area contributed by atoms with Crippen molar-refractivity contribution in [2.24, 2.45) is 0 Å². The monoisotopic (exact) mass is 336 g/mol. The molecule has 0 fully saturated rings. The van der Waals surface area contributed by atoms with E-state index in [1.54, 1.807) is 6.92 Å². The molecule has 7 nitrogen and oxygen atoms in total. The molecule has 0 rings (SSSR count). The molecule has 2 atom stereocenters. The third-order valence-electron chi connectivity index (χ3n) is 2.64. The van der Waals surface area contributed by atoms with Crippen molar-refractivity contribution in [2.75, 3.05) is 19.8 Å². The van der Waals surface area contributed by atoms with Crippen LogP contribution in [0.2, 0.25) is 0 Å². The first-order valence-electron chi connectivity index (χ1n) is 8.16. The van der Waals surface area contributed by atoms with Gasteiger partial charge in [-0.3, -0.25) is 9.59 Å². The Bertz CT molecular complexity index is 292. The molecule has 0 saturated carbocycles. The lowest BCUT2D eigenvalue weighted by molar-refractivity contribution is -0.174. The Labute approximate surface area is 138 Å². The highest BCUT2D eigenvalue weighted by atomic mass is 16.6. The predicted octanol–water partition coefficient (Wildman–Crippen LogP) is 1.79. The van der Waals surface area contributed by atoms with Crippen molar-refractivity contribution >= 4 is 11.9 Å². The van der Waals surface area contributed by atoms with Crippen LogP contribution in [0.5, 0.6) is 0 Å². The second kappa shape index (κ2) is 17.2. The predicted molar refractivity (Wildman–Crippen MR) is 85.7 cm³/mol. The van der Waals surface area contributed by atoms with Crippen molar-refractivity contribution in [3.8, 4) is 0 Å². The first kappa shape index (κ1) is 24.1. The molecule has 0 aromatic heterocycles. The van der Waals surface area contributed by atoms with Gasteiger partial charge >= 0.3 is 11.9 Å². The zero-order valence-corrected chi connectivity index (χ0v) is 14.7. The minimum atomic E-state index is -1.38. The van der Waals surface area contributed by atoms with Gasteiger partial charge in [0.15, 0.2) is 0 Å². The number of carbonyl (C=O) groups is 2. The average molecular weight is 336 g/mol. The quantitative estimate of drug-likeness (QED) is 0.337. The number of aliphatic hydroxyl groups is 2. The third-order valence-corrected chi connectivity index (χ3v) is 2.64. The topological polar surface area (TPSA) is 102 Å². The number of ether oxygens (including phenoxy) is 3. The highest BCUT2D eigenvalue weighted by molar-refractivity contribution is 5.91. The SMILES string of the molecule is CCCCC(C)OC(=O)CC(=O)OC(O)CCO.CCOCC. The van der Waals surface area contributed by atoms with Crippen LogP contribution in [-0.4, -0.2) is 54.4 Å². The van der Waals surface area contributed by atoms with Crippen molar-refractivity contribution in [2.45, 2.75) is 72.2 Å². The molecule has 0 spiro atoms. The Balaban J connectivity index is 0. The fraction of sp³-hybridized carbons (Fsp3) is 0.875. The van der Waals surface area contributed by atoms with Crippen molar-refractivity contribution in [1.82, 2.24) is 0 Å². The van der Waals surface area contributed by atoms with Crippen LogP contribution in [-0.2, 0) is 23.8 Å². The van der Waals surface area contributed by atoms with Crippen molar-refractivity contribution in [3.63, 3.8) is 0 Å². The van der Waals surface area contributed by atoms with E-state index in [-0.39, 0.29) is 19.1 Å². The van der Waals surface area contributed by atoms with Gasteiger partial charge in [-0.05, 0) is 27.2 Å². The summed E-state index contributed by atoms with van der Waals surface area (Å²) in [6, 6.07) is 0. The largest absolute Gasteiger partial charge is 0.462 e. The van der Waals surface area contributed by atoms with Crippen LogP contribution in [0.25, 0.3) is 0 Å². The van der Waals surface area contributed by atoms with E-state index in [0.29, 0.717) is 0 Å². The summed E-state index contributed by atoms with van der Waals surface area (Å²) in [4.78, 5) is 22.5. The lowest BCUT2D eigenvalue weighted by Crippen LogP contribution is -2.23. The second-order valence-corrected chi connectivity index (χ2v) is 4.86. The smallest absolute Gasteiger partial charge is 0.319 e. The number of carbonyl (C=O) groups excluding carboxylic acids is 2. The van der Waals surface area contributed by atoms with E-state index in [4.69, 9.17) is 19.7 Å². The highest BCUT2D eigenvalue weighted by Gasteiger charge is 2.17. The van der Waals surface area contributed by atoms with E-state index < -0.39 is 24.6 Å². The highest BCUT2D eigenvalue weighted by Crippen LogP contribution is 2.06. The zero-order valence-electron chi connectivity index (χ0n) is 14.7. The van der Waals surface area contributed by atoms with Gasteiger partial charge in [-0.2, -0.15) is 0 Å². The standard InChI is InChI=1S/C12H22O6.C4H10O/c1-3-4-5-9(2)17-11(15)8-12(16)18-10(14)6-7-13;1-3-5-4-2/h9-10,13-14H,3-8H2,1-2H3;3-4H2,1-2H3. The van der Waals surface area contributed by atoms with Crippen LogP contribution in [0.15, 0.2) is 0 Å². The van der Waals surface area contributed by atoms with Crippen LogP contribution in [0.3, 0.4) is 0 Å². The van der Waals surface area contributed by atoms with Crippen LogP contribution in [0.4, 0.5) is 0 Å². The summed E-state index contributed by atoms with van der Waals surface area (Å²) in [5, 5.41) is 17.6. The summed E-state index contributed by atoms with van der Waals surface area (Å²) < 4.78 is 14.3. The van der Waals surface area contributed by atoms with Crippen molar-refractivity contribution < 1.29 is 34.0 Å². The first-order chi connectivity index (χ1) is 10.9. The molecule has 2 N–H and O–H groups in total. The Kier molecular flexibility index (Phi) is 18.0. The lowest BCUT2D eigenvalue weighted by atomic mass is 10.2. The van der Waals surface area contributed by atoms with Gasteiger partial charge in [0.2, 0.25) is 6.29 Å². The molecule has 0 aromatic carbocycles. The molecule has 138 valence electrons. The maximum Gasteiger partial charge on any atom is 0.319 e. The van der Waals surface area contributed by atoms with Gasteiger partial charge in [0.05, 0.1) is 6.10 Å². The normalized spacial score (nSPS) is 12.6. The van der Waals surface area contributed by atoms with Crippen LogP contribution >= 0.6 is 0 Å². The summed E-state index contributed by atoms with van der Waals surface area (Å²) in [5.41, 5.74) is 0. The fourth-order valence-electron chi connectivity index (χ4n) is 1.50. The van der Waals surface area contributed by atoms with Crippen LogP contribution in [0.1, 0.15) is 59.8 Å². The summed E-state index contributed by atoms with van der Waals surface area (Å²) in [5.74, 6) is -1.52. The molecule has 0 aliphatic heterocycles. The summed E-state index contributed by atoms with van der Waals surface area (Å²) in [7, 11) is 0. The molecule has 0 radical (unpaired) electrons. The molecule has 7 heteroatoms. The van der Waals surface area contributed by atoms with E-state index in [9.17, 15) is 9.59 Å². The number of hydrogen-bond donors (Lipinski definition) is 2. The molecule has 0 aliphatic carbocycles. The summed E-state index contributed by atoms with van der Waals surface area (Å²) in [6.45, 7) is 9.17. The maximum atomic E-state index is 11.3. The molecule has 0 bridgehead atoms. The number of rotatable bonds is 11. The number of unbranched alkanes of at least 4 members (excludes halogenated alkanes) is 1. The van der Waals surface area contributed by atoms with Gasteiger partial charge in [-0.15, -0.1) is 0 Å². The number of aliphatic hydroxyl groups excluding tert-OH is 2. The molecular weight excluding hydrogens is 304 g/mol. The molecule has 23 heavy (non-hydrogen) atoms. The Hall–Kier alpha value is -1.18. The molecule has 0 aromatic rings. The molecule has 2 unspecified atom stereocenters. The third kappa shape index (κ3) is 18.8. The zero-order chi connectivity index (χ0) is 18.1. The lowest BCUT2D eigenvalue weighted by Gasteiger charge is -2.13. The van der Waals surface area contributed by atoms with E-state index in [1.165, 1.54) is 0 Å². The van der Waals surface area contributed by atoms with Crippen LogP contribution < -0.4 is 0 Å². The second-order valence-electron chi connectivity index (χ2n) is 4.86. The summed E-state index contributed by atoms with van der Waals surface area (Å²) in [6.07, 6.45) is 0.503. The van der Waals surface area contributed by atoms with Gasteiger partial charge in [0.25, 0.3) is 0 Å². The van der Waals surface area contributed by atoms with Gasteiger partial charge in [0, 0.05) is 26.2 Å². The van der Waals surface area contributed by atoms with Gasteiger partial charge in [-0.1, -0.05) is 19.8 Å². The van der Waals surface area contributed by atoms with Crippen LogP contribution in [0, 0.1) is 0 Å². The van der Waals surface area contributed by atoms with E-state index >= 15 is 0 Å². The molecule has 0 heterocycles. The number of hydrogen-bond acceptors (Lipinski definition) is 7. The number of esters is 2. The maximum absolute atomic E-state index is 11.3. The van der Waals surface area contributed by atoms with Gasteiger partial charge in [-0.25, -0.2) is 0 Å². The average Bonchev–Trinajstić information content (AvgIpc) is 2.46. The van der Waals surface area contributed by atoms with Gasteiger partial charge < -0.3 is 24.4 Å². The van der Waals surface area contributed by atoms with Gasteiger partial charge in [0.1, 0.15) is 6.42 Å². The molecular formula is C16H32O7. The Morgan fingerprint density at radius 1 is 1.00 bits per heavy atom. The van der Waals surface area contributed by atoms with E-state index in [0.717, 1.165) is 32.5 Å². The minimum absolute atomic E-state index is 0.0757. The molecule has 0 saturated heterocycles. The Morgan fingerprint density at radius 2 is 1.57 bits per heavy atom. The molecule has 0 aliphatic rings. The summed E-state index contributed by atoms with van der Waals surface area (Å²) >= 11 is 0. The first-order valence-corrected chi connectivity index (χ1v) is 8.16. The van der Waals surface area contributed by atoms with Crippen molar-refractivity contribution in [1.29, 1.82) is 0 Å². The fourth-order valence-corrected chi connectivity index (χ4v) is 1.50. The minimum Gasteiger partial charge on any atom is -0.462 e. The Morgan fingerprint density at radius 3 is 2.00 bits per heavy atom. The molecule has 0 amide bonds. The van der Waals surface area contributed by atoms with Crippen molar-refractivity contribution in [3.05, 3.63) is 0 Å².